The molecule has 1 amide bonds. The number of amides is 1. The highest BCUT2D eigenvalue weighted by Crippen LogP contribution is 2.28. The number of aromatic amines is 2. The average Bonchev–Trinajstić information content (AvgIpc) is 3.57. The number of aryl methyl sites for hydroxylation is 1. The van der Waals surface area contributed by atoms with E-state index in [4.69, 9.17) is 0 Å². The van der Waals surface area contributed by atoms with Crippen LogP contribution in [-0.2, 0) is 6.54 Å². The molecule has 1 unspecified atom stereocenters. The van der Waals surface area contributed by atoms with Gasteiger partial charge in [-0.05, 0) is 68.1 Å². The Labute approximate surface area is 203 Å². The molecule has 8 nitrogen and oxygen atoms in total. The zero-order valence-corrected chi connectivity index (χ0v) is 20.0. The molecule has 1 aliphatic rings. The van der Waals surface area contributed by atoms with Crippen molar-refractivity contribution >= 4 is 28.2 Å². The molecular weight excluding hydrogens is 440 g/mol. The van der Waals surface area contributed by atoms with Crippen LogP contribution in [-0.4, -0.2) is 33.9 Å². The van der Waals surface area contributed by atoms with Crippen molar-refractivity contribution in [2.24, 2.45) is 0 Å². The Kier molecular flexibility index (Phi) is 6.37. The highest BCUT2D eigenvalue weighted by atomic mass is 16.1. The van der Waals surface area contributed by atoms with Crippen LogP contribution in [0.3, 0.4) is 0 Å². The topological polar surface area (TPSA) is 106 Å². The van der Waals surface area contributed by atoms with Crippen molar-refractivity contribution in [3.05, 3.63) is 87.7 Å². The minimum absolute atomic E-state index is 0.0628. The summed E-state index contributed by atoms with van der Waals surface area (Å²) in [5, 5.41) is 7.46. The van der Waals surface area contributed by atoms with Crippen LogP contribution in [0.15, 0.2) is 59.7 Å². The first-order valence-corrected chi connectivity index (χ1v) is 12.0. The summed E-state index contributed by atoms with van der Waals surface area (Å²) in [4.78, 5) is 37.9. The second kappa shape index (κ2) is 9.76. The first-order chi connectivity index (χ1) is 17.0. The van der Waals surface area contributed by atoms with E-state index in [1.54, 1.807) is 12.3 Å². The van der Waals surface area contributed by atoms with Crippen molar-refractivity contribution in [2.45, 2.75) is 39.3 Å². The molecule has 3 heterocycles. The number of imidazole rings is 1. The fraction of sp³-hybridized carbons (Fsp3) is 0.296. The summed E-state index contributed by atoms with van der Waals surface area (Å²) in [6, 6.07) is 13.3. The quantitative estimate of drug-likeness (QED) is 0.323. The first-order valence-electron chi connectivity index (χ1n) is 12.0. The number of H-pyrrole nitrogens is 2. The minimum Gasteiger partial charge on any atom is -0.371 e. The maximum atomic E-state index is 13.5. The van der Waals surface area contributed by atoms with E-state index in [9.17, 15) is 9.59 Å². The molecule has 0 spiro atoms. The molecule has 35 heavy (non-hydrogen) atoms. The fourth-order valence-electron chi connectivity index (χ4n) is 4.69. The highest BCUT2D eigenvalue weighted by molar-refractivity contribution is 6.09. The summed E-state index contributed by atoms with van der Waals surface area (Å²) in [6.07, 6.45) is 5.82. The Morgan fingerprint density at radius 1 is 1.14 bits per heavy atom. The van der Waals surface area contributed by atoms with Gasteiger partial charge in [-0.1, -0.05) is 6.07 Å². The van der Waals surface area contributed by atoms with E-state index < -0.39 is 0 Å². The molecule has 180 valence electrons. The number of hydrogen-bond donors (Lipinski definition) is 4. The first kappa shape index (κ1) is 22.9. The molecule has 0 saturated carbocycles. The Morgan fingerprint density at radius 2 is 1.97 bits per heavy atom. The van der Waals surface area contributed by atoms with Crippen LogP contribution < -0.4 is 21.1 Å². The predicted molar refractivity (Wildman–Crippen MR) is 139 cm³/mol. The van der Waals surface area contributed by atoms with E-state index in [0.29, 0.717) is 17.8 Å². The molecule has 1 aliphatic heterocycles. The molecule has 5 rings (SSSR count). The molecule has 1 saturated heterocycles. The number of nitrogens with zero attached hydrogens (tertiary/aromatic N) is 2. The number of pyridine rings is 1. The van der Waals surface area contributed by atoms with E-state index >= 15 is 0 Å². The van der Waals surface area contributed by atoms with Gasteiger partial charge in [-0.15, -0.1) is 0 Å². The number of fused-ring (bicyclic) bond motifs is 1. The maximum Gasteiger partial charge on any atom is 0.257 e. The fourth-order valence-corrected chi connectivity index (χ4v) is 4.69. The smallest absolute Gasteiger partial charge is 0.257 e. The van der Waals surface area contributed by atoms with Gasteiger partial charge in [-0.25, -0.2) is 4.98 Å². The zero-order valence-electron chi connectivity index (χ0n) is 20.0. The van der Waals surface area contributed by atoms with E-state index in [1.807, 2.05) is 37.4 Å². The lowest BCUT2D eigenvalue weighted by molar-refractivity contribution is 0.102. The van der Waals surface area contributed by atoms with Crippen LogP contribution in [0.25, 0.3) is 10.9 Å². The van der Waals surface area contributed by atoms with Crippen molar-refractivity contribution in [3.8, 4) is 0 Å². The van der Waals surface area contributed by atoms with E-state index in [-0.39, 0.29) is 17.5 Å². The van der Waals surface area contributed by atoms with Crippen molar-refractivity contribution in [1.29, 1.82) is 0 Å². The van der Waals surface area contributed by atoms with E-state index in [1.165, 1.54) is 0 Å². The number of anilines is 2. The van der Waals surface area contributed by atoms with Gasteiger partial charge in [0.2, 0.25) is 5.56 Å². The Hall–Kier alpha value is -3.91. The van der Waals surface area contributed by atoms with Gasteiger partial charge in [0.25, 0.3) is 5.91 Å². The summed E-state index contributed by atoms with van der Waals surface area (Å²) in [5.74, 6) is 0.735. The lowest BCUT2D eigenvalue weighted by Crippen LogP contribution is -2.24. The van der Waals surface area contributed by atoms with Gasteiger partial charge in [-0.2, -0.15) is 0 Å². The maximum absolute atomic E-state index is 13.5. The van der Waals surface area contributed by atoms with Crippen LogP contribution in [0, 0.1) is 6.92 Å². The SMILES string of the molecule is Cc1cc(=O)[nH]c2ccc(NC(=O)c3cc(CNC(C)c4ncc[nH]4)ccc3N3CCCC3)cc12. The average molecular weight is 471 g/mol. The van der Waals surface area contributed by atoms with Crippen molar-refractivity contribution < 1.29 is 4.79 Å². The van der Waals surface area contributed by atoms with Crippen molar-refractivity contribution in [3.63, 3.8) is 0 Å². The second-order valence-corrected chi connectivity index (χ2v) is 9.15. The van der Waals surface area contributed by atoms with Crippen LogP contribution in [0.1, 0.15) is 53.1 Å². The summed E-state index contributed by atoms with van der Waals surface area (Å²) in [7, 11) is 0. The third kappa shape index (κ3) is 4.97. The Morgan fingerprint density at radius 3 is 2.74 bits per heavy atom. The van der Waals surface area contributed by atoms with Gasteiger partial charge >= 0.3 is 0 Å². The van der Waals surface area contributed by atoms with Gasteiger partial charge in [0.05, 0.1) is 11.6 Å². The Bertz CT molecular complexity index is 1400. The number of nitrogens with one attached hydrogen (secondary N) is 4. The number of hydrogen-bond acceptors (Lipinski definition) is 5. The van der Waals surface area contributed by atoms with Gasteiger partial charge in [0.15, 0.2) is 0 Å². The largest absolute Gasteiger partial charge is 0.371 e. The number of aromatic nitrogens is 3. The van der Waals surface area contributed by atoms with E-state index in [0.717, 1.165) is 59.5 Å². The summed E-state index contributed by atoms with van der Waals surface area (Å²) < 4.78 is 0. The molecule has 4 N–H and O–H groups in total. The monoisotopic (exact) mass is 470 g/mol. The van der Waals surface area contributed by atoms with Crippen molar-refractivity contribution in [2.75, 3.05) is 23.3 Å². The molecule has 2 aromatic carbocycles. The molecule has 8 heteroatoms. The van der Waals surface area contributed by atoms with Crippen molar-refractivity contribution in [1.82, 2.24) is 20.3 Å². The highest BCUT2D eigenvalue weighted by Gasteiger charge is 2.21. The zero-order chi connectivity index (χ0) is 24.4. The van der Waals surface area contributed by atoms with Gasteiger partial charge in [0, 0.05) is 60.4 Å². The lowest BCUT2D eigenvalue weighted by atomic mass is 10.1. The molecule has 1 atom stereocenters. The third-order valence-electron chi connectivity index (χ3n) is 6.60. The molecular formula is C27H30N6O2. The number of rotatable bonds is 7. The van der Waals surface area contributed by atoms with Gasteiger partial charge in [-0.3, -0.25) is 9.59 Å². The molecule has 2 aromatic heterocycles. The van der Waals surface area contributed by atoms with E-state index in [2.05, 4.69) is 49.5 Å². The normalized spacial score (nSPS) is 14.4. The predicted octanol–water partition coefficient (Wildman–Crippen LogP) is 4.26. The van der Waals surface area contributed by atoms with Gasteiger partial charge < -0.3 is 25.5 Å². The summed E-state index contributed by atoms with van der Waals surface area (Å²) >= 11 is 0. The second-order valence-electron chi connectivity index (χ2n) is 9.15. The molecule has 1 fully saturated rings. The summed E-state index contributed by atoms with van der Waals surface area (Å²) in [5.41, 5.74) is 4.84. The molecule has 0 bridgehead atoms. The molecule has 0 radical (unpaired) electrons. The molecule has 0 aliphatic carbocycles. The third-order valence-corrected chi connectivity index (χ3v) is 6.60. The number of carbonyl (C=O) groups excluding carboxylic acids is 1. The number of benzene rings is 2. The van der Waals surface area contributed by atoms with Crippen LogP contribution in [0.4, 0.5) is 11.4 Å². The Balaban J connectivity index is 1.40. The van der Waals surface area contributed by atoms with Gasteiger partial charge in [0.1, 0.15) is 5.82 Å². The molecule has 4 aromatic rings. The van der Waals surface area contributed by atoms with Crippen LogP contribution in [0.5, 0.6) is 0 Å². The lowest BCUT2D eigenvalue weighted by Gasteiger charge is -2.22. The minimum atomic E-state index is -0.144. The number of carbonyl (C=O) groups is 1. The van der Waals surface area contributed by atoms with Crippen LogP contribution >= 0.6 is 0 Å². The van der Waals surface area contributed by atoms with Crippen LogP contribution in [0.2, 0.25) is 0 Å². The summed E-state index contributed by atoms with van der Waals surface area (Å²) in [6.45, 7) is 6.48. The standard InChI is InChI=1S/C27H30N6O2/c1-17-13-25(34)32-23-7-6-20(15-21(17)23)31-27(35)22-14-19(5-8-24(22)33-11-3-4-12-33)16-30-18(2)26-28-9-10-29-26/h5-10,13-15,18,30H,3-4,11-12,16H2,1-2H3,(H,28,29)(H,31,35)(H,32,34).